The maximum atomic E-state index is 9.83. The number of thioether (sulfide) groups is 1. The van der Waals surface area contributed by atoms with E-state index >= 15 is 0 Å². The topological polar surface area (TPSA) is 35.5 Å². The van der Waals surface area contributed by atoms with Crippen molar-refractivity contribution in [3.63, 3.8) is 0 Å². The fourth-order valence-corrected chi connectivity index (χ4v) is 3.54. The summed E-state index contributed by atoms with van der Waals surface area (Å²) in [6, 6.07) is 0.932. The van der Waals surface area contributed by atoms with Crippen LogP contribution in [0.5, 0.6) is 0 Å². The summed E-state index contributed by atoms with van der Waals surface area (Å²) in [4.78, 5) is 2.48. The number of nitrogens with zero attached hydrogens (tertiary/aromatic N) is 1. The summed E-state index contributed by atoms with van der Waals surface area (Å²) in [6.07, 6.45) is -0.173. The van der Waals surface area contributed by atoms with Crippen molar-refractivity contribution in [2.45, 2.75) is 37.3 Å². The number of aliphatic hydroxyl groups is 1. The van der Waals surface area contributed by atoms with Crippen LogP contribution in [-0.2, 0) is 0 Å². The van der Waals surface area contributed by atoms with E-state index in [1.165, 1.54) is 5.75 Å². The molecule has 2 heterocycles. The second kappa shape index (κ2) is 5.73. The van der Waals surface area contributed by atoms with E-state index in [0.717, 1.165) is 19.6 Å². The van der Waals surface area contributed by atoms with Gasteiger partial charge < -0.3 is 10.4 Å². The molecule has 5 heteroatoms. The van der Waals surface area contributed by atoms with Gasteiger partial charge in [-0.15, -0.1) is 12.4 Å². The van der Waals surface area contributed by atoms with Crippen LogP contribution in [-0.4, -0.2) is 58.8 Å². The minimum absolute atomic E-state index is 0. The largest absolute Gasteiger partial charge is 0.390 e. The first-order valence-electron chi connectivity index (χ1n) is 5.46. The number of hydrogen-bond donors (Lipinski definition) is 2. The van der Waals surface area contributed by atoms with E-state index in [2.05, 4.69) is 24.1 Å². The highest BCUT2D eigenvalue weighted by Crippen LogP contribution is 2.27. The van der Waals surface area contributed by atoms with Gasteiger partial charge in [-0.05, 0) is 6.92 Å². The van der Waals surface area contributed by atoms with Crippen molar-refractivity contribution in [1.29, 1.82) is 0 Å². The number of halogens is 1. The van der Waals surface area contributed by atoms with Crippen LogP contribution < -0.4 is 5.32 Å². The molecule has 2 N–H and O–H groups in total. The summed E-state index contributed by atoms with van der Waals surface area (Å²) in [7, 11) is 0. The van der Waals surface area contributed by atoms with Crippen LogP contribution >= 0.6 is 24.2 Å². The molecule has 0 amide bonds. The zero-order valence-corrected chi connectivity index (χ0v) is 11.0. The molecular formula is C10H21ClN2OS. The van der Waals surface area contributed by atoms with Crippen molar-refractivity contribution in [2.75, 3.05) is 25.4 Å². The van der Waals surface area contributed by atoms with Crippen molar-refractivity contribution in [2.24, 2.45) is 0 Å². The minimum Gasteiger partial charge on any atom is -0.390 e. The van der Waals surface area contributed by atoms with Crippen molar-refractivity contribution in [3.05, 3.63) is 0 Å². The molecule has 0 aromatic heterocycles. The normalized spacial score (nSPS) is 42.6. The Morgan fingerprint density at radius 1 is 1.33 bits per heavy atom. The van der Waals surface area contributed by atoms with E-state index in [1.54, 1.807) is 0 Å². The molecule has 0 bridgehead atoms. The van der Waals surface area contributed by atoms with Gasteiger partial charge in [-0.3, -0.25) is 4.90 Å². The second-order valence-corrected chi connectivity index (χ2v) is 5.83. The van der Waals surface area contributed by atoms with Crippen LogP contribution in [0.25, 0.3) is 0 Å². The van der Waals surface area contributed by atoms with Crippen LogP contribution in [0, 0.1) is 0 Å². The van der Waals surface area contributed by atoms with Crippen molar-refractivity contribution < 1.29 is 5.11 Å². The molecular weight excluding hydrogens is 232 g/mol. The van der Waals surface area contributed by atoms with Gasteiger partial charge in [-0.1, -0.05) is 6.92 Å². The summed E-state index contributed by atoms with van der Waals surface area (Å²) in [6.45, 7) is 7.40. The molecule has 90 valence electrons. The fraction of sp³-hybridized carbons (Fsp3) is 1.00. The van der Waals surface area contributed by atoms with Crippen molar-refractivity contribution >= 4 is 24.2 Å². The fourth-order valence-electron chi connectivity index (χ4n) is 2.41. The number of β-amino-alcohol motifs (C(OH)–C–C–N with tert-alkyl or cyclic N) is 1. The van der Waals surface area contributed by atoms with E-state index in [1.807, 2.05) is 11.8 Å². The van der Waals surface area contributed by atoms with Gasteiger partial charge in [0.15, 0.2) is 0 Å². The molecule has 0 radical (unpaired) electrons. The average Bonchev–Trinajstić information content (AvgIpc) is 2.57. The van der Waals surface area contributed by atoms with Crippen LogP contribution in [0.1, 0.15) is 13.8 Å². The van der Waals surface area contributed by atoms with Gasteiger partial charge in [-0.2, -0.15) is 11.8 Å². The van der Waals surface area contributed by atoms with E-state index in [9.17, 15) is 5.11 Å². The van der Waals surface area contributed by atoms with Crippen molar-refractivity contribution in [3.8, 4) is 0 Å². The minimum atomic E-state index is -0.173. The Bertz CT molecular complexity index is 208. The smallest absolute Gasteiger partial charge is 0.0831 e. The zero-order valence-electron chi connectivity index (χ0n) is 9.35. The zero-order chi connectivity index (χ0) is 10.1. The lowest BCUT2D eigenvalue weighted by molar-refractivity contribution is 0.0607. The van der Waals surface area contributed by atoms with Crippen LogP contribution in [0.3, 0.4) is 0 Å². The molecule has 0 saturated carbocycles. The van der Waals surface area contributed by atoms with E-state index in [0.29, 0.717) is 17.3 Å². The van der Waals surface area contributed by atoms with Crippen molar-refractivity contribution in [1.82, 2.24) is 10.2 Å². The molecule has 2 rings (SSSR count). The Morgan fingerprint density at radius 3 is 2.67 bits per heavy atom. The van der Waals surface area contributed by atoms with Gasteiger partial charge in [0.1, 0.15) is 0 Å². The highest BCUT2D eigenvalue weighted by molar-refractivity contribution is 8.00. The summed E-state index contributed by atoms with van der Waals surface area (Å²) in [5.74, 6) is 1.20. The molecule has 2 aliphatic heterocycles. The lowest BCUT2D eigenvalue weighted by atomic mass is 10.1. The Morgan fingerprint density at radius 2 is 2.07 bits per heavy atom. The lowest BCUT2D eigenvalue weighted by Gasteiger charge is -2.42. The van der Waals surface area contributed by atoms with E-state index in [4.69, 9.17) is 0 Å². The molecule has 2 aliphatic rings. The van der Waals surface area contributed by atoms with Gasteiger partial charge >= 0.3 is 0 Å². The van der Waals surface area contributed by atoms with Gasteiger partial charge in [0, 0.05) is 42.7 Å². The summed E-state index contributed by atoms with van der Waals surface area (Å²) >= 11 is 2.05. The third-order valence-electron chi connectivity index (χ3n) is 3.51. The quantitative estimate of drug-likeness (QED) is 0.715. The van der Waals surface area contributed by atoms with E-state index in [-0.39, 0.29) is 18.5 Å². The number of rotatable bonds is 1. The maximum Gasteiger partial charge on any atom is 0.0831 e. The Labute approximate surface area is 102 Å². The highest BCUT2D eigenvalue weighted by Gasteiger charge is 2.36. The van der Waals surface area contributed by atoms with Crippen LogP contribution in [0.4, 0.5) is 0 Å². The molecule has 2 saturated heterocycles. The third-order valence-corrected chi connectivity index (χ3v) is 4.85. The molecule has 0 spiro atoms. The monoisotopic (exact) mass is 252 g/mol. The maximum absolute atomic E-state index is 9.83. The first-order chi connectivity index (χ1) is 6.70. The molecule has 15 heavy (non-hydrogen) atoms. The highest BCUT2D eigenvalue weighted by atomic mass is 35.5. The molecule has 0 aromatic rings. The standard InChI is InChI=1S/C10H20N2OS.ClH/c1-7-8(2)14-4-3-12(7)9-5-11-6-10(9)13;/h7-11,13H,3-6H2,1-2H3;1H/t7?,8?,9-,10-;/m1./s1. The number of nitrogens with one attached hydrogen (secondary N) is 1. The van der Waals surface area contributed by atoms with Gasteiger partial charge in [0.05, 0.1) is 6.10 Å². The number of hydrogen-bond acceptors (Lipinski definition) is 4. The first-order valence-corrected chi connectivity index (χ1v) is 6.51. The second-order valence-electron chi connectivity index (χ2n) is 4.35. The Hall–Kier alpha value is 0.520. The van der Waals surface area contributed by atoms with Gasteiger partial charge in [0.2, 0.25) is 0 Å². The summed E-state index contributed by atoms with van der Waals surface area (Å²) in [5, 5.41) is 13.8. The predicted molar refractivity (Wildman–Crippen MR) is 68.0 cm³/mol. The van der Waals surface area contributed by atoms with Crippen LogP contribution in [0.15, 0.2) is 0 Å². The molecule has 3 nitrogen and oxygen atoms in total. The Kier molecular flexibility index (Phi) is 5.19. The molecule has 4 atom stereocenters. The first kappa shape index (κ1) is 13.6. The molecule has 2 fully saturated rings. The molecule has 0 aromatic carbocycles. The summed E-state index contributed by atoms with van der Waals surface area (Å²) < 4.78 is 0. The third kappa shape index (κ3) is 2.80. The van der Waals surface area contributed by atoms with Gasteiger partial charge in [-0.25, -0.2) is 0 Å². The predicted octanol–water partition coefficient (Wildman–Crippen LogP) is 0.567. The number of aliphatic hydroxyl groups excluding tert-OH is 1. The molecule has 0 aliphatic carbocycles. The summed E-state index contributed by atoms with van der Waals surface area (Å²) in [5.41, 5.74) is 0. The van der Waals surface area contributed by atoms with E-state index < -0.39 is 0 Å². The lowest BCUT2D eigenvalue weighted by Crippen LogP contribution is -2.54. The van der Waals surface area contributed by atoms with Gasteiger partial charge in [0.25, 0.3) is 0 Å². The Balaban J connectivity index is 0.00000112. The molecule has 2 unspecified atom stereocenters. The average molecular weight is 253 g/mol. The van der Waals surface area contributed by atoms with Crippen LogP contribution in [0.2, 0.25) is 0 Å². The SMILES string of the molecule is CC1SCCN([C@@H]2CNC[C@H]2O)C1C.Cl.